The van der Waals surface area contributed by atoms with Gasteiger partial charge in [-0.25, -0.2) is 14.3 Å². The zero-order chi connectivity index (χ0) is 17.8. The van der Waals surface area contributed by atoms with Crippen LogP contribution in [0.5, 0.6) is 0 Å². The number of H-pyrrole nitrogens is 1. The number of nitrogens with zero attached hydrogens (tertiary/aromatic N) is 5. The lowest BCUT2D eigenvalue weighted by molar-refractivity contribution is 0.0674. The van der Waals surface area contributed by atoms with E-state index in [0.717, 1.165) is 12.2 Å². The molecule has 9 nitrogen and oxygen atoms in total. The van der Waals surface area contributed by atoms with Gasteiger partial charge in [0.25, 0.3) is 5.91 Å². The Kier molecular flexibility index (Phi) is 3.18. The number of carbonyl (C=O) groups excluding carboxylic acids is 1. The summed E-state index contributed by atoms with van der Waals surface area (Å²) in [5.41, 5.74) is 2.74. The first-order valence-electron chi connectivity index (χ1n) is 8.73. The van der Waals surface area contributed by atoms with E-state index in [0.29, 0.717) is 35.7 Å². The molecule has 1 saturated carbocycles. The maximum atomic E-state index is 12.9. The summed E-state index contributed by atoms with van der Waals surface area (Å²) in [6, 6.07) is 0. The molecule has 0 radical (unpaired) electrons. The van der Waals surface area contributed by atoms with Gasteiger partial charge in [0.1, 0.15) is 5.56 Å². The number of carboxylic acid groups (broad SMARTS) is 1. The van der Waals surface area contributed by atoms with Crippen LogP contribution >= 0.6 is 0 Å². The van der Waals surface area contributed by atoms with Crippen LogP contribution in [0.1, 0.15) is 44.9 Å². The second-order valence-corrected chi connectivity index (χ2v) is 6.99. The van der Waals surface area contributed by atoms with E-state index in [1.54, 1.807) is 28.0 Å². The van der Waals surface area contributed by atoms with E-state index >= 15 is 0 Å². The molecule has 134 valence electrons. The van der Waals surface area contributed by atoms with E-state index in [1.165, 1.54) is 12.8 Å². The summed E-state index contributed by atoms with van der Waals surface area (Å²) in [5, 5.41) is 16.8. The Morgan fingerprint density at radius 2 is 2.19 bits per heavy atom. The highest BCUT2D eigenvalue weighted by atomic mass is 16.4. The molecule has 2 N–H and O–H groups in total. The third kappa shape index (κ3) is 2.31. The van der Waals surface area contributed by atoms with Gasteiger partial charge in [0.2, 0.25) is 0 Å². The van der Waals surface area contributed by atoms with Crippen LogP contribution in [0.2, 0.25) is 0 Å². The Labute approximate surface area is 148 Å². The zero-order valence-corrected chi connectivity index (χ0v) is 14.1. The third-order valence-corrected chi connectivity index (χ3v) is 5.21. The predicted molar refractivity (Wildman–Crippen MR) is 89.9 cm³/mol. The molecule has 0 atom stereocenters. The molecule has 3 aromatic rings. The molecule has 1 aliphatic carbocycles. The number of imidazole rings is 1. The van der Waals surface area contributed by atoms with Gasteiger partial charge in [-0.1, -0.05) is 0 Å². The van der Waals surface area contributed by atoms with Crippen molar-refractivity contribution in [3.63, 3.8) is 0 Å². The predicted octanol–water partition coefficient (Wildman–Crippen LogP) is 1.17. The van der Waals surface area contributed by atoms with Crippen molar-refractivity contribution in [3.05, 3.63) is 41.1 Å². The molecule has 0 aromatic carbocycles. The minimum atomic E-state index is -1.04. The number of amides is 1. The quantitative estimate of drug-likeness (QED) is 0.731. The van der Waals surface area contributed by atoms with Crippen molar-refractivity contribution in [3.8, 4) is 0 Å². The summed E-state index contributed by atoms with van der Waals surface area (Å²) in [4.78, 5) is 30.4. The summed E-state index contributed by atoms with van der Waals surface area (Å²) in [6.07, 6.45) is 7.97. The molecule has 0 spiro atoms. The average molecular weight is 354 g/mol. The summed E-state index contributed by atoms with van der Waals surface area (Å²) < 4.78 is 3.53. The van der Waals surface area contributed by atoms with Gasteiger partial charge in [0.15, 0.2) is 11.3 Å². The fraction of sp³-hybridized carbons (Fsp3) is 0.412. The number of nitrogens with one attached hydrogen (secondary N) is 1. The molecule has 2 aliphatic rings. The topological polar surface area (TPSA) is 109 Å². The first kappa shape index (κ1) is 15.2. The van der Waals surface area contributed by atoms with Gasteiger partial charge in [-0.05, 0) is 18.8 Å². The second kappa shape index (κ2) is 5.45. The number of fused-ring (bicyclic) bond motifs is 2. The second-order valence-electron chi connectivity index (χ2n) is 6.99. The number of hydrogen-bond acceptors (Lipinski definition) is 4. The van der Waals surface area contributed by atoms with Gasteiger partial charge in [0, 0.05) is 49.4 Å². The van der Waals surface area contributed by atoms with Crippen molar-refractivity contribution < 1.29 is 14.7 Å². The van der Waals surface area contributed by atoms with Crippen molar-refractivity contribution in [2.24, 2.45) is 5.92 Å². The lowest BCUT2D eigenvalue weighted by Crippen LogP contribution is -2.36. The first-order valence-corrected chi connectivity index (χ1v) is 8.73. The van der Waals surface area contributed by atoms with Gasteiger partial charge in [-0.2, -0.15) is 5.10 Å². The molecule has 0 unspecified atom stereocenters. The maximum absolute atomic E-state index is 12.9. The molecule has 1 amide bonds. The zero-order valence-electron chi connectivity index (χ0n) is 14.1. The largest absolute Gasteiger partial charge is 0.476 e. The molecule has 26 heavy (non-hydrogen) atoms. The SMILES string of the molecule is O=C(O)c1nn(CC2CC2)c2c1CN(C(=O)c1c[nH]n3ccnc13)CC2. The van der Waals surface area contributed by atoms with Gasteiger partial charge in [-0.3, -0.25) is 14.6 Å². The van der Waals surface area contributed by atoms with Crippen LogP contribution < -0.4 is 0 Å². The Hall–Kier alpha value is -3.10. The summed E-state index contributed by atoms with van der Waals surface area (Å²) in [5.74, 6) is -0.587. The highest BCUT2D eigenvalue weighted by Crippen LogP contribution is 2.33. The highest BCUT2D eigenvalue weighted by Gasteiger charge is 2.33. The monoisotopic (exact) mass is 354 g/mol. The van der Waals surface area contributed by atoms with Gasteiger partial charge in [0.05, 0.1) is 6.54 Å². The van der Waals surface area contributed by atoms with Crippen molar-refractivity contribution in [2.75, 3.05) is 6.54 Å². The van der Waals surface area contributed by atoms with Crippen LogP contribution in [-0.4, -0.2) is 52.8 Å². The Bertz CT molecular complexity index is 1020. The van der Waals surface area contributed by atoms with Crippen LogP contribution in [0, 0.1) is 5.92 Å². The number of aromatic carboxylic acids is 1. The van der Waals surface area contributed by atoms with E-state index in [9.17, 15) is 14.7 Å². The standard InChI is InChI=1S/C17H18N6O3/c24-16(11-7-19-22-6-4-18-15(11)22)21-5-3-13-12(9-21)14(17(25)26)20-23(13)8-10-1-2-10/h4,6-7,10,19H,1-3,5,8-9H2,(H,25,26). The van der Waals surface area contributed by atoms with Gasteiger partial charge >= 0.3 is 5.97 Å². The van der Waals surface area contributed by atoms with E-state index in [2.05, 4.69) is 15.2 Å². The van der Waals surface area contributed by atoms with Crippen LogP contribution in [0.15, 0.2) is 18.6 Å². The van der Waals surface area contributed by atoms with Crippen LogP contribution in [0.25, 0.3) is 5.65 Å². The normalized spacial score (nSPS) is 16.8. The van der Waals surface area contributed by atoms with Crippen molar-refractivity contribution in [1.82, 2.24) is 29.3 Å². The molecule has 1 fully saturated rings. The lowest BCUT2D eigenvalue weighted by Gasteiger charge is -2.27. The Balaban J connectivity index is 1.47. The smallest absolute Gasteiger partial charge is 0.356 e. The summed E-state index contributed by atoms with van der Waals surface area (Å²) in [7, 11) is 0. The van der Waals surface area contributed by atoms with Gasteiger partial charge < -0.3 is 10.0 Å². The number of aromatic nitrogens is 5. The van der Waals surface area contributed by atoms with Crippen LogP contribution in [0.4, 0.5) is 0 Å². The van der Waals surface area contributed by atoms with Gasteiger partial charge in [-0.15, -0.1) is 0 Å². The number of carbonyl (C=O) groups is 2. The minimum Gasteiger partial charge on any atom is -0.476 e. The third-order valence-electron chi connectivity index (χ3n) is 5.21. The molecular weight excluding hydrogens is 336 g/mol. The number of aromatic amines is 1. The summed E-state index contributed by atoms with van der Waals surface area (Å²) in [6.45, 7) is 1.58. The molecule has 1 aliphatic heterocycles. The fourth-order valence-electron chi connectivity index (χ4n) is 3.67. The number of hydrogen-bond donors (Lipinski definition) is 2. The first-order chi connectivity index (χ1) is 12.6. The van der Waals surface area contributed by atoms with E-state index < -0.39 is 5.97 Å². The van der Waals surface area contributed by atoms with Crippen LogP contribution in [-0.2, 0) is 19.5 Å². The van der Waals surface area contributed by atoms with Crippen molar-refractivity contribution >= 4 is 17.5 Å². The molecule has 9 heteroatoms. The Morgan fingerprint density at radius 1 is 1.35 bits per heavy atom. The van der Waals surface area contributed by atoms with E-state index in [-0.39, 0.29) is 18.1 Å². The molecule has 4 heterocycles. The van der Waals surface area contributed by atoms with Crippen molar-refractivity contribution in [2.45, 2.75) is 32.4 Å². The summed E-state index contributed by atoms with van der Waals surface area (Å²) >= 11 is 0. The minimum absolute atomic E-state index is 0.0678. The molecular formula is C17H18N6O3. The fourth-order valence-corrected chi connectivity index (χ4v) is 3.67. The van der Waals surface area contributed by atoms with Crippen LogP contribution in [0.3, 0.4) is 0 Å². The lowest BCUT2D eigenvalue weighted by atomic mass is 10.0. The maximum Gasteiger partial charge on any atom is 0.356 e. The number of rotatable bonds is 4. The van der Waals surface area contributed by atoms with E-state index in [1.807, 2.05) is 4.68 Å². The number of carboxylic acids is 1. The average Bonchev–Trinajstić information content (AvgIpc) is 3.04. The highest BCUT2D eigenvalue weighted by molar-refractivity contribution is 6.00. The molecule has 3 aromatic heterocycles. The Morgan fingerprint density at radius 3 is 2.96 bits per heavy atom. The van der Waals surface area contributed by atoms with Crippen molar-refractivity contribution in [1.29, 1.82) is 0 Å². The molecule has 0 bridgehead atoms. The molecule has 0 saturated heterocycles. The van der Waals surface area contributed by atoms with E-state index in [4.69, 9.17) is 0 Å². The molecule has 5 rings (SSSR count).